The zero-order chi connectivity index (χ0) is 34.9. The predicted molar refractivity (Wildman–Crippen MR) is 220 cm³/mol. The van der Waals surface area contributed by atoms with Crippen molar-refractivity contribution in [3.05, 3.63) is 158 Å². The van der Waals surface area contributed by atoms with E-state index in [4.69, 9.17) is 24.4 Å². The summed E-state index contributed by atoms with van der Waals surface area (Å²) in [7, 11) is 0. The summed E-state index contributed by atoms with van der Waals surface area (Å²) in [6.07, 6.45) is 0. The van der Waals surface area contributed by atoms with Gasteiger partial charge >= 0.3 is 0 Å². The summed E-state index contributed by atoms with van der Waals surface area (Å²) in [5, 5.41) is 5.45. The molecule has 0 spiro atoms. The van der Waals surface area contributed by atoms with Gasteiger partial charge in [-0.05, 0) is 59.7 Å². The van der Waals surface area contributed by atoms with Crippen molar-refractivity contribution in [2.75, 3.05) is 0 Å². The fourth-order valence-electron chi connectivity index (χ4n) is 7.28. The first-order chi connectivity index (χ1) is 26.2. The molecule has 0 N–H and O–H groups in total. The minimum atomic E-state index is 0.616. The summed E-state index contributed by atoms with van der Waals surface area (Å²) in [5.74, 6) is 1.89. The number of hydrogen-bond donors (Lipinski definition) is 0. The van der Waals surface area contributed by atoms with E-state index in [1.54, 1.807) is 11.3 Å². The topological polar surface area (TPSA) is 64.7 Å². The van der Waals surface area contributed by atoms with E-state index in [1.807, 2.05) is 78.1 Å². The third kappa shape index (κ3) is 5.04. The lowest BCUT2D eigenvalue weighted by Gasteiger charge is -2.10. The van der Waals surface area contributed by atoms with Crippen LogP contribution in [0.5, 0.6) is 0 Å². The van der Waals surface area contributed by atoms with Crippen molar-refractivity contribution < 1.29 is 4.42 Å². The molecule has 4 aromatic heterocycles. The lowest BCUT2D eigenvalue weighted by atomic mass is 9.99. The van der Waals surface area contributed by atoms with Gasteiger partial charge in [0.1, 0.15) is 16.2 Å². The summed E-state index contributed by atoms with van der Waals surface area (Å²) in [6, 6.07) is 54.5. The molecule has 0 saturated heterocycles. The first kappa shape index (κ1) is 30.1. The molecule has 4 heterocycles. The van der Waals surface area contributed by atoms with Crippen LogP contribution < -0.4 is 0 Å². The number of nitrogens with zero attached hydrogens (tertiary/aromatic N) is 4. The van der Waals surface area contributed by atoms with Gasteiger partial charge in [-0.3, -0.25) is 0 Å². The van der Waals surface area contributed by atoms with Crippen LogP contribution in [0.2, 0.25) is 0 Å². The van der Waals surface area contributed by atoms with Crippen LogP contribution in [-0.4, -0.2) is 19.9 Å². The van der Waals surface area contributed by atoms with E-state index in [-0.39, 0.29) is 0 Å². The van der Waals surface area contributed by atoms with Crippen LogP contribution in [0, 0.1) is 0 Å². The lowest BCUT2D eigenvalue weighted by Crippen LogP contribution is -2.00. The standard InChI is InChI=1S/C46H26N4OS2/c1-2-11-27(12-3-1)43-48-44(29-23-24-38-35(26-29)32-15-4-6-20-37(32)51-38)50-45(49-43)34-18-10-22-40-41(34)33-17-9-16-31(42(33)52-40)28-13-8-14-30(25-28)46-47-36-19-5-7-21-39(36)53-46/h1-26H. The highest BCUT2D eigenvalue weighted by atomic mass is 32.1. The maximum absolute atomic E-state index is 6.14. The SMILES string of the molecule is c1ccc(-c2nc(-c3ccc4oc5ccccc5c4c3)nc(-c3cccc4sc5c(-c6cccc(-c7nc8ccccc8s7)c6)cccc5c34)n2)cc1. The van der Waals surface area contributed by atoms with Crippen LogP contribution in [0.15, 0.2) is 162 Å². The number of hydrogen-bond acceptors (Lipinski definition) is 7. The third-order valence-corrected chi connectivity index (χ3v) is 12.1. The second-order valence-electron chi connectivity index (χ2n) is 13.0. The number of furan rings is 1. The van der Waals surface area contributed by atoms with Gasteiger partial charge in [0.05, 0.1) is 10.2 Å². The molecule has 0 atom stereocenters. The van der Waals surface area contributed by atoms with Crippen molar-refractivity contribution in [1.82, 2.24) is 19.9 Å². The van der Waals surface area contributed by atoms with Crippen molar-refractivity contribution in [1.29, 1.82) is 0 Å². The molecule has 7 heteroatoms. The predicted octanol–water partition coefficient (Wildman–Crippen LogP) is 13.1. The van der Waals surface area contributed by atoms with Gasteiger partial charge in [0.15, 0.2) is 17.5 Å². The quantitative estimate of drug-likeness (QED) is 0.178. The Morgan fingerprint density at radius 3 is 2.00 bits per heavy atom. The van der Waals surface area contributed by atoms with Crippen LogP contribution in [0.4, 0.5) is 0 Å². The highest BCUT2D eigenvalue weighted by Crippen LogP contribution is 2.44. The molecule has 0 fully saturated rings. The van der Waals surface area contributed by atoms with E-state index >= 15 is 0 Å². The summed E-state index contributed by atoms with van der Waals surface area (Å²) < 4.78 is 9.74. The van der Waals surface area contributed by atoms with Crippen molar-refractivity contribution in [2.45, 2.75) is 0 Å². The van der Waals surface area contributed by atoms with Gasteiger partial charge < -0.3 is 4.42 Å². The van der Waals surface area contributed by atoms with Crippen molar-refractivity contribution in [3.63, 3.8) is 0 Å². The minimum Gasteiger partial charge on any atom is -0.456 e. The summed E-state index contributed by atoms with van der Waals surface area (Å²) >= 11 is 3.54. The zero-order valence-electron chi connectivity index (χ0n) is 28.0. The third-order valence-electron chi connectivity index (χ3n) is 9.78. The number of aromatic nitrogens is 4. The van der Waals surface area contributed by atoms with Crippen molar-refractivity contribution >= 4 is 75.0 Å². The maximum atomic E-state index is 6.14. The molecule has 11 aromatic rings. The van der Waals surface area contributed by atoms with E-state index in [9.17, 15) is 0 Å². The lowest BCUT2D eigenvalue weighted by molar-refractivity contribution is 0.669. The summed E-state index contributed by atoms with van der Waals surface area (Å²) in [6.45, 7) is 0. The number of benzene rings is 7. The van der Waals surface area contributed by atoms with Crippen molar-refractivity contribution in [2.24, 2.45) is 0 Å². The molecule has 248 valence electrons. The van der Waals surface area contributed by atoms with Gasteiger partial charge in [-0.25, -0.2) is 19.9 Å². The van der Waals surface area contributed by atoms with Gasteiger partial charge in [0, 0.05) is 53.2 Å². The molecule has 0 aliphatic carbocycles. The molecule has 0 amide bonds. The zero-order valence-corrected chi connectivity index (χ0v) is 29.7. The highest BCUT2D eigenvalue weighted by Gasteiger charge is 2.19. The Balaban J connectivity index is 1.09. The van der Waals surface area contributed by atoms with Crippen molar-refractivity contribution in [3.8, 4) is 55.9 Å². The molecule has 7 aromatic carbocycles. The monoisotopic (exact) mass is 714 g/mol. The molecule has 0 bridgehead atoms. The van der Waals surface area contributed by atoms with Crippen LogP contribution >= 0.6 is 22.7 Å². The Morgan fingerprint density at radius 1 is 0.396 bits per heavy atom. The highest BCUT2D eigenvalue weighted by molar-refractivity contribution is 7.26. The molecule has 0 unspecified atom stereocenters. The Kier molecular flexibility index (Phi) is 6.83. The molecule has 5 nitrogen and oxygen atoms in total. The normalized spacial score (nSPS) is 11.8. The summed E-state index contributed by atoms with van der Waals surface area (Å²) in [5.41, 5.74) is 9.02. The molecule has 0 radical (unpaired) electrons. The second kappa shape index (κ2) is 12.0. The summed E-state index contributed by atoms with van der Waals surface area (Å²) in [4.78, 5) is 20.3. The molecular weight excluding hydrogens is 689 g/mol. The first-order valence-corrected chi connectivity index (χ1v) is 19.0. The molecule has 11 rings (SSSR count). The number of rotatable bonds is 5. The van der Waals surface area contributed by atoms with Crippen LogP contribution in [-0.2, 0) is 0 Å². The maximum Gasteiger partial charge on any atom is 0.164 e. The Bertz CT molecular complexity index is 3160. The number of thiophene rings is 1. The smallest absolute Gasteiger partial charge is 0.164 e. The number of para-hydroxylation sites is 2. The van der Waals surface area contributed by atoms with Gasteiger partial charge in [0.2, 0.25) is 0 Å². The fraction of sp³-hybridized carbons (Fsp3) is 0. The van der Waals surface area contributed by atoms with Crippen LogP contribution in [0.3, 0.4) is 0 Å². The Labute approximate surface area is 311 Å². The number of thiazole rings is 1. The van der Waals surface area contributed by atoms with Gasteiger partial charge in [-0.2, -0.15) is 0 Å². The molecular formula is C46H26N4OS2. The fourth-order valence-corrected chi connectivity index (χ4v) is 9.51. The van der Waals surface area contributed by atoms with Crippen LogP contribution in [0.1, 0.15) is 0 Å². The van der Waals surface area contributed by atoms with Gasteiger partial charge in [-0.15, -0.1) is 22.7 Å². The van der Waals surface area contributed by atoms with Gasteiger partial charge in [0.25, 0.3) is 0 Å². The molecule has 0 saturated carbocycles. The van der Waals surface area contributed by atoms with Gasteiger partial charge in [-0.1, -0.05) is 109 Å². The Morgan fingerprint density at radius 2 is 1.08 bits per heavy atom. The molecule has 0 aliphatic rings. The average Bonchev–Trinajstić information content (AvgIpc) is 3.94. The average molecular weight is 715 g/mol. The number of fused-ring (bicyclic) bond motifs is 7. The van der Waals surface area contributed by atoms with E-state index in [1.165, 1.54) is 25.0 Å². The van der Waals surface area contributed by atoms with E-state index in [0.29, 0.717) is 17.5 Å². The van der Waals surface area contributed by atoms with Crippen LogP contribution in [0.25, 0.3) is 108 Å². The largest absolute Gasteiger partial charge is 0.456 e. The van der Waals surface area contributed by atoms with E-state index in [2.05, 4.69) is 91.0 Å². The minimum absolute atomic E-state index is 0.616. The van der Waals surface area contributed by atoms with E-state index in [0.717, 1.165) is 65.7 Å². The molecule has 53 heavy (non-hydrogen) atoms. The Hall–Kier alpha value is -6.54. The second-order valence-corrected chi connectivity index (χ2v) is 15.1. The van der Waals surface area contributed by atoms with E-state index < -0.39 is 0 Å². The first-order valence-electron chi connectivity index (χ1n) is 17.4. The molecule has 0 aliphatic heterocycles.